The Balaban J connectivity index is 2.68. The van der Waals surface area contributed by atoms with Gasteiger partial charge in [-0.25, -0.2) is 0 Å². The second kappa shape index (κ2) is 5.50. The molecule has 78 valence electrons. The van der Waals surface area contributed by atoms with Gasteiger partial charge in [0.15, 0.2) is 5.56 Å². The zero-order valence-electron chi connectivity index (χ0n) is 7.46. The number of rotatable bonds is 4. The van der Waals surface area contributed by atoms with Crippen LogP contribution < -0.4 is 0 Å². The van der Waals surface area contributed by atoms with E-state index in [9.17, 15) is 4.89 Å². The lowest BCUT2D eigenvalue weighted by atomic mass is 10.2. The number of halogens is 1. The molecule has 0 heterocycles. The lowest BCUT2D eigenvalue weighted by molar-refractivity contribution is 0.292. The van der Waals surface area contributed by atoms with E-state index < -0.39 is 11.3 Å². The topological polar surface area (TPSA) is 29.5 Å². The fourth-order valence-electron chi connectivity index (χ4n) is 0.825. The zero-order valence-corrected chi connectivity index (χ0v) is 10.7. The molecular formula is C8H10ClO2PS2. The summed E-state index contributed by atoms with van der Waals surface area (Å²) >= 11 is 11.9. The van der Waals surface area contributed by atoms with E-state index in [-0.39, 0.29) is 0 Å². The molecule has 0 aliphatic rings. The molecule has 2 atom stereocenters. The van der Waals surface area contributed by atoms with Crippen molar-refractivity contribution < 1.29 is 9.42 Å². The summed E-state index contributed by atoms with van der Waals surface area (Å²) in [6.07, 6.45) is 1.70. The largest absolute Gasteiger partial charge is 0.337 e. The van der Waals surface area contributed by atoms with Crippen LogP contribution in [0.4, 0.5) is 0 Å². The minimum atomic E-state index is -2.78. The Bertz CT molecular complexity index is 333. The van der Waals surface area contributed by atoms with E-state index in [2.05, 4.69) is 0 Å². The van der Waals surface area contributed by atoms with Crippen molar-refractivity contribution in [2.24, 2.45) is 0 Å². The molecule has 1 aromatic carbocycles. The maximum atomic E-state index is 9.54. The first-order valence-corrected chi connectivity index (χ1v) is 8.75. The summed E-state index contributed by atoms with van der Waals surface area (Å²) in [4.78, 5) is 9.54. The Morgan fingerprint density at radius 3 is 2.57 bits per heavy atom. The van der Waals surface area contributed by atoms with Gasteiger partial charge < -0.3 is 4.89 Å². The minimum Gasteiger partial charge on any atom is -0.337 e. The summed E-state index contributed by atoms with van der Waals surface area (Å²) in [5, 5.41) is 0. The van der Waals surface area contributed by atoms with Crippen LogP contribution in [0.25, 0.3) is 0 Å². The van der Waals surface area contributed by atoms with Gasteiger partial charge >= 0.3 is 0 Å². The second-order valence-corrected chi connectivity index (χ2v) is 9.15. The van der Waals surface area contributed by atoms with Gasteiger partial charge in [-0.3, -0.25) is 4.52 Å². The molecule has 0 aliphatic carbocycles. The average molecular weight is 269 g/mol. The molecule has 0 bridgehead atoms. The molecule has 1 N–H and O–H groups in total. The third kappa shape index (κ3) is 3.89. The van der Waals surface area contributed by atoms with Gasteiger partial charge in [0.2, 0.25) is 5.69 Å². The van der Waals surface area contributed by atoms with Gasteiger partial charge in [0, 0.05) is 0 Å². The van der Waals surface area contributed by atoms with Crippen molar-refractivity contribution >= 4 is 40.5 Å². The predicted octanol–water partition coefficient (Wildman–Crippen LogP) is 3.52. The molecule has 2 nitrogen and oxygen atoms in total. The molecule has 1 aromatic rings. The fraction of sp³-hybridized carbons (Fsp3) is 0.250. The van der Waals surface area contributed by atoms with Crippen LogP contribution in [-0.4, -0.2) is 11.1 Å². The summed E-state index contributed by atoms with van der Waals surface area (Å²) in [5.74, 6) is 0. The van der Waals surface area contributed by atoms with E-state index >= 15 is 0 Å². The number of hydrogen-bond donors (Lipinski definition) is 1. The Hall–Kier alpha value is 0.430. The summed E-state index contributed by atoms with van der Waals surface area (Å²) in [7, 11) is 0. The van der Waals surface area contributed by atoms with Gasteiger partial charge in [-0.1, -0.05) is 53.3 Å². The third-order valence-corrected chi connectivity index (χ3v) is 6.16. The Morgan fingerprint density at radius 2 is 2.07 bits per heavy atom. The first kappa shape index (κ1) is 12.5. The van der Waals surface area contributed by atoms with Gasteiger partial charge in [-0.05, 0) is 23.6 Å². The van der Waals surface area contributed by atoms with Crippen LogP contribution in [0.2, 0.25) is 0 Å². The normalized spacial score (nSPS) is 17.4. The lowest BCUT2D eigenvalue weighted by Crippen LogP contribution is -1.93. The average Bonchev–Trinajstić information content (AvgIpc) is 2.19. The number of hydrogen-bond acceptors (Lipinski definition) is 3. The minimum absolute atomic E-state index is 0.681. The first-order valence-electron chi connectivity index (χ1n) is 3.81. The molecule has 1 rings (SSSR count). The third-order valence-electron chi connectivity index (χ3n) is 1.52. The Morgan fingerprint density at radius 1 is 1.50 bits per heavy atom. The highest BCUT2D eigenvalue weighted by atomic mass is 35.5. The van der Waals surface area contributed by atoms with Crippen molar-refractivity contribution in [2.75, 3.05) is 6.26 Å². The molecule has 2 unspecified atom stereocenters. The summed E-state index contributed by atoms with van der Waals surface area (Å²) in [6.45, 7) is 0. The molecule has 0 amide bonds. The van der Waals surface area contributed by atoms with Gasteiger partial charge in [0.1, 0.15) is 0 Å². The van der Waals surface area contributed by atoms with Crippen molar-refractivity contribution in [3.63, 3.8) is 0 Å². The van der Waals surface area contributed by atoms with Crippen molar-refractivity contribution in [3.8, 4) is 0 Å². The van der Waals surface area contributed by atoms with Crippen molar-refractivity contribution in [1.82, 2.24) is 0 Å². The highest BCUT2D eigenvalue weighted by Crippen LogP contribution is 2.58. The highest BCUT2D eigenvalue weighted by Gasteiger charge is 2.18. The standard InChI is InChI=1S/C8H10ClO2PS2/c1-14-12(10,13)11-8(9)7-5-3-2-4-6-7/h2-6,8H,1H3,(H,10,13). The van der Waals surface area contributed by atoms with Crippen molar-refractivity contribution in [3.05, 3.63) is 35.9 Å². The van der Waals surface area contributed by atoms with Crippen LogP contribution in [0.3, 0.4) is 0 Å². The van der Waals surface area contributed by atoms with Gasteiger partial charge in [0.05, 0.1) is 0 Å². The van der Waals surface area contributed by atoms with Crippen LogP contribution in [0, 0.1) is 0 Å². The van der Waals surface area contributed by atoms with E-state index in [0.29, 0.717) is 0 Å². The molecule has 0 spiro atoms. The summed E-state index contributed by atoms with van der Waals surface area (Å²) in [5.41, 5.74) is -2.66. The summed E-state index contributed by atoms with van der Waals surface area (Å²) < 4.78 is 5.18. The monoisotopic (exact) mass is 268 g/mol. The van der Waals surface area contributed by atoms with Crippen LogP contribution in [0.5, 0.6) is 0 Å². The van der Waals surface area contributed by atoms with Crippen LogP contribution >= 0.6 is 28.7 Å². The van der Waals surface area contributed by atoms with Crippen molar-refractivity contribution in [2.45, 2.75) is 5.56 Å². The molecule has 0 saturated carbocycles. The fourth-order valence-corrected chi connectivity index (χ4v) is 2.82. The molecular weight excluding hydrogens is 259 g/mol. The van der Waals surface area contributed by atoms with Gasteiger partial charge in [-0.15, -0.1) is 0 Å². The van der Waals surface area contributed by atoms with Gasteiger partial charge in [-0.2, -0.15) is 0 Å². The Labute approximate surface area is 97.5 Å². The SMILES string of the molecule is CSP(O)(=S)OC(Cl)c1ccccc1. The van der Waals surface area contributed by atoms with E-state index in [4.69, 9.17) is 27.9 Å². The van der Waals surface area contributed by atoms with E-state index in [1.807, 2.05) is 30.3 Å². The molecule has 0 radical (unpaired) electrons. The van der Waals surface area contributed by atoms with Crippen molar-refractivity contribution in [1.29, 1.82) is 0 Å². The van der Waals surface area contributed by atoms with Gasteiger partial charge in [0.25, 0.3) is 0 Å². The van der Waals surface area contributed by atoms with E-state index in [0.717, 1.165) is 16.9 Å². The van der Waals surface area contributed by atoms with Crippen LogP contribution in [0.1, 0.15) is 11.1 Å². The molecule has 0 saturated heterocycles. The first-order chi connectivity index (χ1) is 6.55. The zero-order chi connectivity index (χ0) is 10.6. The number of benzene rings is 1. The highest BCUT2D eigenvalue weighted by molar-refractivity contribution is 8.67. The molecule has 14 heavy (non-hydrogen) atoms. The van der Waals surface area contributed by atoms with E-state index in [1.54, 1.807) is 6.26 Å². The molecule has 6 heteroatoms. The molecule has 0 fully saturated rings. The number of alkyl halides is 1. The maximum absolute atomic E-state index is 9.54. The van der Waals surface area contributed by atoms with E-state index in [1.165, 1.54) is 0 Å². The second-order valence-electron chi connectivity index (χ2n) is 2.48. The van der Waals surface area contributed by atoms with Crippen LogP contribution in [0.15, 0.2) is 30.3 Å². The quantitative estimate of drug-likeness (QED) is 0.668. The summed E-state index contributed by atoms with van der Waals surface area (Å²) in [6, 6.07) is 9.25. The predicted molar refractivity (Wildman–Crippen MR) is 66.1 cm³/mol. The van der Waals surface area contributed by atoms with Crippen LogP contribution in [-0.2, 0) is 16.3 Å². The maximum Gasteiger partial charge on any atom is 0.246 e. The molecule has 0 aromatic heterocycles. The molecule has 0 aliphatic heterocycles. The smallest absolute Gasteiger partial charge is 0.246 e. The Kier molecular flexibility index (Phi) is 4.91. The lowest BCUT2D eigenvalue weighted by Gasteiger charge is -2.17.